The Bertz CT molecular complexity index is 287. The Hall–Kier alpha value is -0.980. The minimum Gasteiger partial charge on any atom is -0.398 e. The Morgan fingerprint density at radius 2 is 1.62 bits per heavy atom. The van der Waals surface area contributed by atoms with Gasteiger partial charge in [0.1, 0.15) is 0 Å². The molecule has 72 valence electrons. The summed E-state index contributed by atoms with van der Waals surface area (Å²) in [5.41, 5.74) is 9.59. The van der Waals surface area contributed by atoms with E-state index in [1.54, 1.807) is 0 Å². The summed E-state index contributed by atoms with van der Waals surface area (Å²) in [4.78, 5) is 0. The molecule has 0 bridgehead atoms. The molecular formula is C12H19N. The molecule has 0 heterocycles. The molecule has 0 aromatic heterocycles. The fourth-order valence-electron chi connectivity index (χ4n) is 1.77. The molecule has 2 N–H and O–H groups in total. The van der Waals surface area contributed by atoms with Gasteiger partial charge in [-0.3, -0.25) is 0 Å². The third kappa shape index (κ3) is 2.03. The SMILES string of the molecule is CC(C)c1cccc(N)c1C(C)C. The van der Waals surface area contributed by atoms with Crippen LogP contribution >= 0.6 is 0 Å². The van der Waals surface area contributed by atoms with Crippen molar-refractivity contribution in [2.45, 2.75) is 39.5 Å². The van der Waals surface area contributed by atoms with Crippen LogP contribution in [0, 0.1) is 0 Å². The maximum absolute atomic E-state index is 5.96. The van der Waals surface area contributed by atoms with E-state index in [-0.39, 0.29) is 0 Å². The van der Waals surface area contributed by atoms with Crippen LogP contribution < -0.4 is 5.73 Å². The first-order valence-corrected chi connectivity index (χ1v) is 4.92. The molecule has 1 heteroatoms. The van der Waals surface area contributed by atoms with E-state index >= 15 is 0 Å². The van der Waals surface area contributed by atoms with Gasteiger partial charge in [-0.1, -0.05) is 39.8 Å². The molecule has 0 saturated carbocycles. The van der Waals surface area contributed by atoms with Gasteiger partial charge in [0.05, 0.1) is 0 Å². The van der Waals surface area contributed by atoms with Gasteiger partial charge in [0.2, 0.25) is 0 Å². The molecule has 0 aliphatic rings. The maximum Gasteiger partial charge on any atom is 0.0352 e. The lowest BCUT2D eigenvalue weighted by molar-refractivity contribution is 0.793. The Balaban J connectivity index is 3.26. The number of nitrogens with two attached hydrogens (primary N) is 1. The van der Waals surface area contributed by atoms with E-state index in [9.17, 15) is 0 Å². The normalized spacial score (nSPS) is 11.2. The van der Waals surface area contributed by atoms with Crippen LogP contribution in [0.4, 0.5) is 5.69 Å². The molecule has 1 nitrogen and oxygen atoms in total. The first-order chi connectivity index (χ1) is 6.04. The summed E-state index contributed by atoms with van der Waals surface area (Å²) in [7, 11) is 0. The van der Waals surface area contributed by atoms with Gasteiger partial charge in [-0.2, -0.15) is 0 Å². The average Bonchev–Trinajstić information content (AvgIpc) is 2.02. The second-order valence-corrected chi connectivity index (χ2v) is 4.16. The second kappa shape index (κ2) is 3.82. The van der Waals surface area contributed by atoms with Gasteiger partial charge in [-0.25, -0.2) is 0 Å². The van der Waals surface area contributed by atoms with Crippen molar-refractivity contribution >= 4 is 5.69 Å². The summed E-state index contributed by atoms with van der Waals surface area (Å²) in [6.07, 6.45) is 0. The molecule has 0 fully saturated rings. The summed E-state index contributed by atoms with van der Waals surface area (Å²) in [5.74, 6) is 1.07. The molecule has 0 atom stereocenters. The molecule has 1 aromatic rings. The Kier molecular flexibility index (Phi) is 2.97. The highest BCUT2D eigenvalue weighted by molar-refractivity contribution is 5.53. The van der Waals surface area contributed by atoms with E-state index in [2.05, 4.69) is 33.8 Å². The zero-order chi connectivity index (χ0) is 10.0. The van der Waals surface area contributed by atoms with Gasteiger partial charge in [0.25, 0.3) is 0 Å². The van der Waals surface area contributed by atoms with Crippen LogP contribution in [0.3, 0.4) is 0 Å². The molecule has 0 amide bonds. The van der Waals surface area contributed by atoms with E-state index in [4.69, 9.17) is 5.73 Å². The zero-order valence-corrected chi connectivity index (χ0v) is 8.96. The van der Waals surface area contributed by atoms with Crippen LogP contribution in [0.5, 0.6) is 0 Å². The molecule has 0 unspecified atom stereocenters. The van der Waals surface area contributed by atoms with Gasteiger partial charge in [0, 0.05) is 5.69 Å². The van der Waals surface area contributed by atoms with Gasteiger partial charge in [0.15, 0.2) is 0 Å². The van der Waals surface area contributed by atoms with Crippen LogP contribution in [0.25, 0.3) is 0 Å². The van der Waals surface area contributed by atoms with E-state index in [1.807, 2.05) is 12.1 Å². The summed E-state index contributed by atoms with van der Waals surface area (Å²) in [5, 5.41) is 0. The van der Waals surface area contributed by atoms with Crippen molar-refractivity contribution < 1.29 is 0 Å². The lowest BCUT2D eigenvalue weighted by Crippen LogP contribution is -2.03. The minimum absolute atomic E-state index is 0.513. The predicted octanol–water partition coefficient (Wildman–Crippen LogP) is 3.52. The van der Waals surface area contributed by atoms with Crippen LogP contribution in [0.1, 0.15) is 50.7 Å². The molecule has 1 rings (SSSR count). The van der Waals surface area contributed by atoms with Gasteiger partial charge >= 0.3 is 0 Å². The molecule has 0 aliphatic carbocycles. The molecule has 0 aliphatic heterocycles. The molecule has 0 saturated heterocycles. The van der Waals surface area contributed by atoms with Crippen LogP contribution in [0.15, 0.2) is 18.2 Å². The largest absolute Gasteiger partial charge is 0.398 e. The van der Waals surface area contributed by atoms with Crippen molar-refractivity contribution in [2.75, 3.05) is 5.73 Å². The van der Waals surface area contributed by atoms with Crippen LogP contribution in [0.2, 0.25) is 0 Å². The molecule has 0 spiro atoms. The van der Waals surface area contributed by atoms with Crippen molar-refractivity contribution in [1.82, 2.24) is 0 Å². The number of anilines is 1. The topological polar surface area (TPSA) is 26.0 Å². The Labute approximate surface area is 81.0 Å². The molecule has 0 radical (unpaired) electrons. The monoisotopic (exact) mass is 177 g/mol. The van der Waals surface area contributed by atoms with Crippen molar-refractivity contribution in [3.05, 3.63) is 29.3 Å². The number of hydrogen-bond donors (Lipinski definition) is 1. The third-order valence-electron chi connectivity index (χ3n) is 2.37. The maximum atomic E-state index is 5.96. The first kappa shape index (κ1) is 10.1. The summed E-state index contributed by atoms with van der Waals surface area (Å²) >= 11 is 0. The number of rotatable bonds is 2. The van der Waals surface area contributed by atoms with E-state index in [1.165, 1.54) is 11.1 Å². The van der Waals surface area contributed by atoms with E-state index in [0.717, 1.165) is 5.69 Å². The second-order valence-electron chi connectivity index (χ2n) is 4.16. The van der Waals surface area contributed by atoms with Gasteiger partial charge < -0.3 is 5.73 Å². The first-order valence-electron chi connectivity index (χ1n) is 4.92. The third-order valence-corrected chi connectivity index (χ3v) is 2.37. The summed E-state index contributed by atoms with van der Waals surface area (Å²) < 4.78 is 0. The van der Waals surface area contributed by atoms with E-state index < -0.39 is 0 Å². The molecule has 1 aromatic carbocycles. The fraction of sp³-hybridized carbons (Fsp3) is 0.500. The lowest BCUT2D eigenvalue weighted by atomic mass is 9.89. The van der Waals surface area contributed by atoms with Crippen LogP contribution in [-0.2, 0) is 0 Å². The predicted molar refractivity (Wildman–Crippen MR) is 59.0 cm³/mol. The van der Waals surface area contributed by atoms with Crippen molar-refractivity contribution in [1.29, 1.82) is 0 Å². The number of nitrogen functional groups attached to an aromatic ring is 1. The number of benzene rings is 1. The molecular weight excluding hydrogens is 158 g/mol. The number of hydrogen-bond acceptors (Lipinski definition) is 1. The van der Waals surface area contributed by atoms with Crippen molar-refractivity contribution in [3.8, 4) is 0 Å². The highest BCUT2D eigenvalue weighted by atomic mass is 14.6. The highest BCUT2D eigenvalue weighted by Gasteiger charge is 2.11. The van der Waals surface area contributed by atoms with E-state index in [0.29, 0.717) is 11.8 Å². The fourth-order valence-corrected chi connectivity index (χ4v) is 1.77. The van der Waals surface area contributed by atoms with Crippen LogP contribution in [-0.4, -0.2) is 0 Å². The van der Waals surface area contributed by atoms with Gasteiger partial charge in [-0.05, 0) is 29.0 Å². The summed E-state index contributed by atoms with van der Waals surface area (Å²) in [6, 6.07) is 6.20. The van der Waals surface area contributed by atoms with Crippen molar-refractivity contribution in [3.63, 3.8) is 0 Å². The molecule has 13 heavy (non-hydrogen) atoms. The quantitative estimate of drug-likeness (QED) is 0.687. The standard InChI is InChI=1S/C12H19N/c1-8(2)10-6-5-7-11(13)12(10)9(3)4/h5-9H,13H2,1-4H3. The van der Waals surface area contributed by atoms with Gasteiger partial charge in [-0.15, -0.1) is 0 Å². The summed E-state index contributed by atoms with van der Waals surface area (Å²) in [6.45, 7) is 8.80. The zero-order valence-electron chi connectivity index (χ0n) is 8.96. The minimum atomic E-state index is 0.513. The highest BCUT2D eigenvalue weighted by Crippen LogP contribution is 2.30. The lowest BCUT2D eigenvalue weighted by Gasteiger charge is -2.17. The smallest absolute Gasteiger partial charge is 0.0352 e. The van der Waals surface area contributed by atoms with Crippen molar-refractivity contribution in [2.24, 2.45) is 0 Å². The Morgan fingerprint density at radius 3 is 2.00 bits per heavy atom. The average molecular weight is 177 g/mol. The Morgan fingerprint density at radius 1 is 1.00 bits per heavy atom.